The lowest BCUT2D eigenvalue weighted by Gasteiger charge is -2.22. The Labute approximate surface area is 148 Å². The third-order valence-electron chi connectivity index (χ3n) is 4.42. The Morgan fingerprint density at radius 1 is 1.29 bits per heavy atom. The summed E-state index contributed by atoms with van der Waals surface area (Å²) in [6.45, 7) is 6.09. The number of rotatable bonds is 7. The van der Waals surface area contributed by atoms with E-state index in [2.05, 4.69) is 18.7 Å². The zero-order valence-electron chi connectivity index (χ0n) is 14.0. The molecule has 3 rings (SSSR count). The van der Waals surface area contributed by atoms with E-state index in [1.54, 1.807) is 0 Å². The maximum atomic E-state index is 6.00. The minimum absolute atomic E-state index is 0.451. The fourth-order valence-corrected chi connectivity index (χ4v) is 3.30. The van der Waals surface area contributed by atoms with E-state index in [9.17, 15) is 0 Å². The van der Waals surface area contributed by atoms with Crippen LogP contribution in [0, 0.1) is 4.71 Å². The number of ether oxygens (including phenoxy) is 2. The number of fused-ring (bicyclic) bond motifs is 1. The van der Waals surface area contributed by atoms with Crippen LogP contribution >= 0.6 is 12.2 Å². The van der Waals surface area contributed by atoms with Crippen molar-refractivity contribution in [2.24, 2.45) is 0 Å². The fourth-order valence-electron chi connectivity index (χ4n) is 3.10. The summed E-state index contributed by atoms with van der Waals surface area (Å²) in [7, 11) is 0. The Hall–Kier alpha value is -1.65. The van der Waals surface area contributed by atoms with E-state index in [1.165, 1.54) is 12.0 Å². The summed E-state index contributed by atoms with van der Waals surface area (Å²) in [5, 5.41) is 0.996. The molecule has 1 aliphatic heterocycles. The molecule has 3 nitrogen and oxygen atoms in total. The van der Waals surface area contributed by atoms with Crippen LogP contribution in [0.3, 0.4) is 0 Å². The highest BCUT2D eigenvalue weighted by molar-refractivity contribution is 7.71. The molecular formula is C20H24O3S. The molecule has 1 aromatic heterocycles. The molecular weight excluding hydrogens is 320 g/mol. The first-order valence-electron chi connectivity index (χ1n) is 8.67. The van der Waals surface area contributed by atoms with E-state index < -0.39 is 0 Å². The van der Waals surface area contributed by atoms with E-state index in [0.717, 1.165) is 55.6 Å². The summed E-state index contributed by atoms with van der Waals surface area (Å²) in [5.41, 5.74) is 2.06. The van der Waals surface area contributed by atoms with Crippen LogP contribution in [0.25, 0.3) is 11.0 Å². The second kappa shape index (κ2) is 8.45. The van der Waals surface area contributed by atoms with E-state index in [4.69, 9.17) is 26.1 Å². The van der Waals surface area contributed by atoms with Crippen LogP contribution in [0.15, 0.2) is 41.3 Å². The van der Waals surface area contributed by atoms with Gasteiger partial charge in [0.05, 0.1) is 18.6 Å². The van der Waals surface area contributed by atoms with Crippen LogP contribution in [0.4, 0.5) is 0 Å². The molecule has 0 N–H and O–H groups in total. The summed E-state index contributed by atoms with van der Waals surface area (Å²) < 4.78 is 17.8. The number of hydrogen-bond donors (Lipinski definition) is 0. The van der Waals surface area contributed by atoms with Crippen LogP contribution in [0.1, 0.15) is 43.6 Å². The Morgan fingerprint density at radius 3 is 3.00 bits per heavy atom. The van der Waals surface area contributed by atoms with Crippen molar-refractivity contribution in [3.05, 3.63) is 47.2 Å². The summed E-state index contributed by atoms with van der Waals surface area (Å²) in [6, 6.07) is 8.10. The number of benzene rings is 1. The van der Waals surface area contributed by atoms with Crippen molar-refractivity contribution in [3.63, 3.8) is 0 Å². The molecule has 1 aliphatic rings. The van der Waals surface area contributed by atoms with Crippen LogP contribution < -0.4 is 4.74 Å². The zero-order chi connectivity index (χ0) is 16.8. The minimum atomic E-state index is 0.451. The molecule has 128 valence electrons. The van der Waals surface area contributed by atoms with Gasteiger partial charge in [0.2, 0.25) is 0 Å². The summed E-state index contributed by atoms with van der Waals surface area (Å²) >= 11 is 5.23. The fraction of sp³-hybridized carbons (Fsp3) is 0.450. The Kier molecular flexibility index (Phi) is 6.05. The second-order valence-corrected chi connectivity index (χ2v) is 6.63. The smallest absolute Gasteiger partial charge is 0.194 e. The highest BCUT2D eigenvalue weighted by atomic mass is 32.1. The standard InChI is InChI=1S/C20H24O3S/c1-2-3-4-5-11-22-19-13-20(24)23-18-9-8-15(12-17(18)19)16-7-6-10-21-14-16/h2,8-9,12-13,16H,1,3-7,10-11,14H2. The number of allylic oxidation sites excluding steroid dienone is 1. The van der Waals surface area contributed by atoms with Crippen LogP contribution in [-0.2, 0) is 4.74 Å². The quantitative estimate of drug-likeness (QED) is 0.361. The molecule has 1 aromatic carbocycles. The van der Waals surface area contributed by atoms with Crippen molar-refractivity contribution in [3.8, 4) is 5.75 Å². The maximum Gasteiger partial charge on any atom is 0.194 e. The van der Waals surface area contributed by atoms with E-state index in [0.29, 0.717) is 17.2 Å². The second-order valence-electron chi connectivity index (χ2n) is 6.23. The van der Waals surface area contributed by atoms with Gasteiger partial charge in [-0.1, -0.05) is 12.1 Å². The Bertz CT molecular complexity index is 744. The number of hydrogen-bond acceptors (Lipinski definition) is 4. The monoisotopic (exact) mass is 344 g/mol. The molecule has 0 radical (unpaired) electrons. The van der Waals surface area contributed by atoms with Crippen molar-refractivity contribution in [1.29, 1.82) is 0 Å². The van der Waals surface area contributed by atoms with Gasteiger partial charge < -0.3 is 13.9 Å². The van der Waals surface area contributed by atoms with Crippen molar-refractivity contribution < 1.29 is 13.9 Å². The largest absolute Gasteiger partial charge is 0.493 e. The van der Waals surface area contributed by atoms with Gasteiger partial charge in [0.25, 0.3) is 0 Å². The molecule has 0 spiro atoms. The van der Waals surface area contributed by atoms with Gasteiger partial charge in [-0.3, -0.25) is 0 Å². The number of unbranched alkanes of at least 4 members (excludes halogenated alkanes) is 2. The molecule has 2 aromatic rings. The van der Waals surface area contributed by atoms with Gasteiger partial charge in [0, 0.05) is 18.6 Å². The SMILES string of the molecule is C=CCCCCOc1cc(=S)oc2ccc(C3CCCOC3)cc12. The van der Waals surface area contributed by atoms with Crippen molar-refractivity contribution in [1.82, 2.24) is 0 Å². The van der Waals surface area contributed by atoms with Crippen LogP contribution in [-0.4, -0.2) is 19.8 Å². The van der Waals surface area contributed by atoms with Crippen LogP contribution in [0.5, 0.6) is 5.75 Å². The van der Waals surface area contributed by atoms with E-state index in [-0.39, 0.29) is 0 Å². The van der Waals surface area contributed by atoms with E-state index in [1.807, 2.05) is 18.2 Å². The predicted octanol–water partition coefficient (Wildman–Crippen LogP) is 5.79. The average Bonchev–Trinajstić information content (AvgIpc) is 2.62. The molecule has 0 bridgehead atoms. The highest BCUT2D eigenvalue weighted by Gasteiger charge is 2.17. The lowest BCUT2D eigenvalue weighted by Crippen LogP contribution is -2.15. The molecule has 0 saturated carbocycles. The Morgan fingerprint density at radius 2 is 2.21 bits per heavy atom. The average molecular weight is 344 g/mol. The first kappa shape index (κ1) is 17.2. The summed E-state index contributed by atoms with van der Waals surface area (Å²) in [4.78, 5) is 0. The lowest BCUT2D eigenvalue weighted by molar-refractivity contribution is 0.0805. The predicted molar refractivity (Wildman–Crippen MR) is 99.4 cm³/mol. The molecule has 4 heteroatoms. The first-order valence-corrected chi connectivity index (χ1v) is 9.08. The molecule has 1 unspecified atom stereocenters. The highest BCUT2D eigenvalue weighted by Crippen LogP contribution is 2.32. The molecule has 0 aliphatic carbocycles. The topological polar surface area (TPSA) is 31.6 Å². The van der Waals surface area contributed by atoms with Gasteiger partial charge in [-0.15, -0.1) is 6.58 Å². The summed E-state index contributed by atoms with van der Waals surface area (Å²) in [5.74, 6) is 1.27. The molecule has 1 atom stereocenters. The van der Waals surface area contributed by atoms with Crippen molar-refractivity contribution in [2.45, 2.75) is 38.0 Å². The molecule has 2 heterocycles. The van der Waals surface area contributed by atoms with Gasteiger partial charge >= 0.3 is 0 Å². The van der Waals surface area contributed by atoms with Gasteiger partial charge in [-0.2, -0.15) is 0 Å². The van der Waals surface area contributed by atoms with Gasteiger partial charge in [-0.25, -0.2) is 0 Å². The summed E-state index contributed by atoms with van der Waals surface area (Å²) in [6.07, 6.45) is 7.33. The molecule has 1 saturated heterocycles. The maximum absolute atomic E-state index is 6.00. The van der Waals surface area contributed by atoms with Gasteiger partial charge in [-0.05, 0) is 62.0 Å². The first-order chi connectivity index (χ1) is 11.8. The van der Waals surface area contributed by atoms with Gasteiger partial charge in [0.1, 0.15) is 11.3 Å². The normalized spacial score (nSPS) is 17.8. The molecule has 0 amide bonds. The van der Waals surface area contributed by atoms with Crippen molar-refractivity contribution in [2.75, 3.05) is 19.8 Å². The lowest BCUT2D eigenvalue weighted by atomic mass is 9.92. The third-order valence-corrected chi connectivity index (χ3v) is 4.62. The molecule has 24 heavy (non-hydrogen) atoms. The van der Waals surface area contributed by atoms with Crippen LogP contribution in [0.2, 0.25) is 0 Å². The van der Waals surface area contributed by atoms with E-state index >= 15 is 0 Å². The zero-order valence-corrected chi connectivity index (χ0v) is 14.8. The molecule has 1 fully saturated rings. The van der Waals surface area contributed by atoms with Crippen molar-refractivity contribution >= 4 is 23.2 Å². The minimum Gasteiger partial charge on any atom is -0.493 e. The third kappa shape index (κ3) is 4.25. The van der Waals surface area contributed by atoms with Gasteiger partial charge in [0.15, 0.2) is 4.71 Å². The Balaban J connectivity index is 1.82.